The van der Waals surface area contributed by atoms with E-state index in [1.54, 1.807) is 12.5 Å². The lowest BCUT2D eigenvalue weighted by atomic mass is 10.2. The fourth-order valence-electron chi connectivity index (χ4n) is 2.29. The van der Waals surface area contributed by atoms with Gasteiger partial charge in [-0.1, -0.05) is 0 Å². The van der Waals surface area contributed by atoms with Gasteiger partial charge in [-0.05, 0) is 32.9 Å². The van der Waals surface area contributed by atoms with E-state index < -0.39 is 12.0 Å². The highest BCUT2D eigenvalue weighted by Crippen LogP contribution is 2.25. The van der Waals surface area contributed by atoms with Crippen LogP contribution < -0.4 is 0 Å². The van der Waals surface area contributed by atoms with Crippen LogP contribution in [-0.2, 0) is 11.3 Å². The molecule has 0 aliphatic carbocycles. The molecule has 1 fully saturated rings. The number of nitrogens with zero attached hydrogens (tertiary/aromatic N) is 3. The van der Waals surface area contributed by atoms with Gasteiger partial charge < -0.3 is 9.67 Å². The molecule has 0 aromatic carbocycles. The second-order valence-electron chi connectivity index (χ2n) is 4.09. The first kappa shape index (κ1) is 11.1. The second-order valence-corrected chi connectivity index (χ2v) is 4.09. The molecule has 1 N–H and O–H groups in total. The maximum Gasteiger partial charge on any atom is 0.327 e. The topological polar surface area (TPSA) is 58.4 Å². The monoisotopic (exact) mass is 223 g/mol. The Morgan fingerprint density at radius 2 is 2.25 bits per heavy atom. The highest BCUT2D eigenvalue weighted by atomic mass is 16.4. The Morgan fingerprint density at radius 1 is 1.56 bits per heavy atom. The summed E-state index contributed by atoms with van der Waals surface area (Å²) in [5, 5.41) is 9.34. The Morgan fingerprint density at radius 3 is 2.81 bits per heavy atom. The SMILES string of the molecule is CCn1cncc1C(C(=O)O)N1CCCC1. The molecule has 0 saturated carbocycles. The van der Waals surface area contributed by atoms with Crippen molar-refractivity contribution < 1.29 is 9.90 Å². The third-order valence-corrected chi connectivity index (χ3v) is 3.11. The predicted octanol–water partition coefficient (Wildman–Crippen LogP) is 1.12. The van der Waals surface area contributed by atoms with E-state index >= 15 is 0 Å². The lowest BCUT2D eigenvalue weighted by molar-refractivity contribution is -0.143. The first-order valence-corrected chi connectivity index (χ1v) is 5.71. The van der Waals surface area contributed by atoms with Gasteiger partial charge in [0.25, 0.3) is 0 Å². The van der Waals surface area contributed by atoms with Gasteiger partial charge in [0.1, 0.15) is 0 Å². The van der Waals surface area contributed by atoms with Gasteiger partial charge in [0.05, 0.1) is 18.2 Å². The van der Waals surface area contributed by atoms with Crippen LogP contribution in [0, 0.1) is 0 Å². The summed E-state index contributed by atoms with van der Waals surface area (Å²) in [6, 6.07) is -0.537. The predicted molar refractivity (Wildman–Crippen MR) is 59.1 cm³/mol. The Bertz CT molecular complexity index is 369. The van der Waals surface area contributed by atoms with Crippen LogP contribution in [0.4, 0.5) is 0 Å². The number of rotatable bonds is 4. The molecule has 2 heterocycles. The van der Waals surface area contributed by atoms with Crippen LogP contribution in [0.3, 0.4) is 0 Å². The number of hydrogen-bond acceptors (Lipinski definition) is 3. The van der Waals surface area contributed by atoms with E-state index in [4.69, 9.17) is 0 Å². The maximum atomic E-state index is 11.4. The first-order chi connectivity index (χ1) is 7.74. The molecule has 0 radical (unpaired) electrons. The number of carbonyl (C=O) groups is 1. The third kappa shape index (κ3) is 1.95. The van der Waals surface area contributed by atoms with E-state index in [0.29, 0.717) is 0 Å². The minimum Gasteiger partial charge on any atom is -0.480 e. The minimum absolute atomic E-state index is 0.537. The molecule has 88 valence electrons. The van der Waals surface area contributed by atoms with Crippen molar-refractivity contribution >= 4 is 5.97 Å². The first-order valence-electron chi connectivity index (χ1n) is 5.71. The summed E-state index contributed by atoms with van der Waals surface area (Å²) in [6.07, 6.45) is 5.54. The molecule has 0 amide bonds. The Hall–Kier alpha value is -1.36. The van der Waals surface area contributed by atoms with Gasteiger partial charge in [-0.15, -0.1) is 0 Å². The summed E-state index contributed by atoms with van der Waals surface area (Å²) in [6.45, 7) is 4.48. The normalized spacial score (nSPS) is 18.8. The van der Waals surface area contributed by atoms with Crippen LogP contribution in [0.5, 0.6) is 0 Å². The third-order valence-electron chi connectivity index (χ3n) is 3.11. The molecular formula is C11H17N3O2. The molecular weight excluding hydrogens is 206 g/mol. The molecule has 1 aliphatic heterocycles. The number of carboxylic acids is 1. The van der Waals surface area contributed by atoms with Crippen LogP contribution in [-0.4, -0.2) is 38.6 Å². The van der Waals surface area contributed by atoms with Crippen molar-refractivity contribution in [2.24, 2.45) is 0 Å². The van der Waals surface area contributed by atoms with Crippen LogP contribution in [0.25, 0.3) is 0 Å². The van der Waals surface area contributed by atoms with Crippen molar-refractivity contribution in [2.75, 3.05) is 13.1 Å². The lowest BCUT2D eigenvalue weighted by Gasteiger charge is -2.24. The van der Waals surface area contributed by atoms with Crippen molar-refractivity contribution in [2.45, 2.75) is 32.4 Å². The number of aromatic nitrogens is 2. The number of likely N-dealkylation sites (tertiary alicyclic amines) is 1. The van der Waals surface area contributed by atoms with E-state index in [2.05, 4.69) is 4.98 Å². The minimum atomic E-state index is -0.780. The molecule has 1 aromatic rings. The standard InChI is InChI=1S/C11H17N3O2/c1-2-13-8-12-7-9(13)10(11(15)16)14-5-3-4-6-14/h7-8,10H,2-6H2,1H3,(H,15,16). The maximum absolute atomic E-state index is 11.4. The average molecular weight is 223 g/mol. The van der Waals surface area contributed by atoms with Gasteiger partial charge in [0.15, 0.2) is 6.04 Å². The number of carboxylic acid groups (broad SMARTS) is 1. The molecule has 1 saturated heterocycles. The van der Waals surface area contributed by atoms with E-state index in [1.807, 2.05) is 16.4 Å². The fourth-order valence-corrected chi connectivity index (χ4v) is 2.29. The molecule has 0 spiro atoms. The molecule has 16 heavy (non-hydrogen) atoms. The summed E-state index contributed by atoms with van der Waals surface area (Å²) in [5.74, 6) is -0.780. The van der Waals surface area contributed by atoms with Gasteiger partial charge in [0, 0.05) is 6.54 Å². The molecule has 2 rings (SSSR count). The molecule has 5 nitrogen and oxygen atoms in total. The fraction of sp³-hybridized carbons (Fsp3) is 0.636. The average Bonchev–Trinajstić information content (AvgIpc) is 2.88. The Kier molecular flexibility index (Phi) is 3.24. The summed E-state index contributed by atoms with van der Waals surface area (Å²) in [7, 11) is 0. The van der Waals surface area contributed by atoms with E-state index in [9.17, 15) is 9.90 Å². The quantitative estimate of drug-likeness (QED) is 0.831. The lowest BCUT2D eigenvalue weighted by Crippen LogP contribution is -2.33. The zero-order valence-electron chi connectivity index (χ0n) is 9.46. The van der Waals surface area contributed by atoms with Crippen molar-refractivity contribution in [3.8, 4) is 0 Å². The molecule has 1 atom stereocenters. The Labute approximate surface area is 94.7 Å². The summed E-state index contributed by atoms with van der Waals surface area (Å²) in [5.41, 5.74) is 0.789. The molecule has 1 aromatic heterocycles. The second kappa shape index (κ2) is 4.65. The van der Waals surface area contributed by atoms with Gasteiger partial charge in [-0.3, -0.25) is 9.69 Å². The number of hydrogen-bond donors (Lipinski definition) is 1. The number of aliphatic carboxylic acids is 1. The van der Waals surface area contributed by atoms with E-state index in [1.165, 1.54) is 0 Å². The number of aryl methyl sites for hydroxylation is 1. The molecule has 5 heteroatoms. The van der Waals surface area contributed by atoms with Crippen LogP contribution >= 0.6 is 0 Å². The highest BCUT2D eigenvalue weighted by molar-refractivity contribution is 5.75. The van der Waals surface area contributed by atoms with Crippen molar-refractivity contribution in [3.05, 3.63) is 18.2 Å². The van der Waals surface area contributed by atoms with E-state index in [-0.39, 0.29) is 0 Å². The van der Waals surface area contributed by atoms with Gasteiger partial charge in [0.2, 0.25) is 0 Å². The van der Waals surface area contributed by atoms with Crippen molar-refractivity contribution in [3.63, 3.8) is 0 Å². The largest absolute Gasteiger partial charge is 0.480 e. The van der Waals surface area contributed by atoms with Crippen LogP contribution in [0.2, 0.25) is 0 Å². The summed E-state index contributed by atoms with van der Waals surface area (Å²) < 4.78 is 1.90. The summed E-state index contributed by atoms with van der Waals surface area (Å²) >= 11 is 0. The highest BCUT2D eigenvalue weighted by Gasteiger charge is 2.31. The van der Waals surface area contributed by atoms with Gasteiger partial charge in [-0.25, -0.2) is 4.98 Å². The zero-order valence-corrected chi connectivity index (χ0v) is 9.46. The molecule has 1 unspecified atom stereocenters. The van der Waals surface area contributed by atoms with Crippen LogP contribution in [0.1, 0.15) is 31.5 Å². The van der Waals surface area contributed by atoms with Crippen molar-refractivity contribution in [1.29, 1.82) is 0 Å². The molecule has 1 aliphatic rings. The number of imidazole rings is 1. The molecule has 0 bridgehead atoms. The van der Waals surface area contributed by atoms with Gasteiger partial charge >= 0.3 is 5.97 Å². The zero-order chi connectivity index (χ0) is 11.5. The Balaban J connectivity index is 2.28. The smallest absolute Gasteiger partial charge is 0.327 e. The van der Waals surface area contributed by atoms with Crippen LogP contribution in [0.15, 0.2) is 12.5 Å². The van der Waals surface area contributed by atoms with Crippen molar-refractivity contribution in [1.82, 2.24) is 14.5 Å². The summed E-state index contributed by atoms with van der Waals surface area (Å²) in [4.78, 5) is 17.4. The van der Waals surface area contributed by atoms with Gasteiger partial charge in [-0.2, -0.15) is 0 Å². The van der Waals surface area contributed by atoms with E-state index in [0.717, 1.165) is 38.2 Å².